The van der Waals surface area contributed by atoms with Gasteiger partial charge in [-0.05, 0) is 31.2 Å². The van der Waals surface area contributed by atoms with E-state index in [0.29, 0.717) is 29.1 Å². The van der Waals surface area contributed by atoms with Gasteiger partial charge in [0.1, 0.15) is 17.0 Å². The van der Waals surface area contributed by atoms with Crippen LogP contribution in [0.4, 0.5) is 11.5 Å². The van der Waals surface area contributed by atoms with E-state index < -0.39 is 0 Å². The molecule has 0 bridgehead atoms. The summed E-state index contributed by atoms with van der Waals surface area (Å²) in [6, 6.07) is 2.07. The number of ether oxygens (including phenoxy) is 1. The Balaban J connectivity index is 2.26. The van der Waals surface area contributed by atoms with Gasteiger partial charge in [-0.3, -0.25) is 0 Å². The van der Waals surface area contributed by atoms with Gasteiger partial charge in [0.15, 0.2) is 0 Å². The van der Waals surface area contributed by atoms with Gasteiger partial charge in [0.2, 0.25) is 5.69 Å². The maximum Gasteiger partial charge on any atom is 0.232 e. The van der Waals surface area contributed by atoms with Crippen LogP contribution >= 0.6 is 11.6 Å². The Labute approximate surface area is 142 Å². The minimum absolute atomic E-state index is 0.191. The predicted molar refractivity (Wildman–Crippen MR) is 91.1 cm³/mol. The van der Waals surface area contributed by atoms with E-state index in [1.807, 2.05) is 6.92 Å². The quantitative estimate of drug-likeness (QED) is 0.601. The van der Waals surface area contributed by atoms with Crippen molar-refractivity contribution in [3.8, 4) is 6.07 Å². The largest absolute Gasteiger partial charge is 0.378 e. The zero-order valence-electron chi connectivity index (χ0n) is 13.6. The first kappa shape index (κ1) is 17.5. The molecule has 1 fully saturated rings. The molecule has 122 valence electrons. The summed E-state index contributed by atoms with van der Waals surface area (Å²) in [5.74, 6) is 0.606. The van der Waals surface area contributed by atoms with Crippen LogP contribution in [-0.4, -0.2) is 30.8 Å². The van der Waals surface area contributed by atoms with Crippen molar-refractivity contribution in [2.45, 2.75) is 45.6 Å². The molecule has 0 unspecified atom stereocenters. The van der Waals surface area contributed by atoms with Gasteiger partial charge >= 0.3 is 0 Å². The average molecular weight is 333 g/mol. The Morgan fingerprint density at radius 3 is 2.65 bits per heavy atom. The maximum absolute atomic E-state index is 9.26. The van der Waals surface area contributed by atoms with E-state index in [2.05, 4.69) is 27.7 Å². The van der Waals surface area contributed by atoms with E-state index in [4.69, 9.17) is 22.9 Å². The second-order valence-corrected chi connectivity index (χ2v) is 5.92. The normalized spacial score (nSPS) is 15.3. The Bertz CT molecular complexity index is 639. The van der Waals surface area contributed by atoms with E-state index in [9.17, 15) is 5.26 Å². The number of pyridine rings is 1. The molecule has 0 amide bonds. The van der Waals surface area contributed by atoms with Crippen molar-refractivity contribution >= 4 is 23.1 Å². The lowest BCUT2D eigenvalue weighted by Gasteiger charge is -2.33. The van der Waals surface area contributed by atoms with Crippen LogP contribution in [0.25, 0.3) is 4.85 Å². The molecule has 2 rings (SSSR count). The zero-order valence-corrected chi connectivity index (χ0v) is 14.4. The van der Waals surface area contributed by atoms with Gasteiger partial charge in [-0.15, -0.1) is 0 Å². The highest BCUT2D eigenvalue weighted by atomic mass is 35.5. The van der Waals surface area contributed by atoms with Gasteiger partial charge in [0.25, 0.3) is 0 Å². The molecule has 0 radical (unpaired) electrons. The van der Waals surface area contributed by atoms with Crippen molar-refractivity contribution < 1.29 is 4.74 Å². The number of halogens is 1. The van der Waals surface area contributed by atoms with Crippen molar-refractivity contribution in [1.82, 2.24) is 4.98 Å². The summed E-state index contributed by atoms with van der Waals surface area (Å²) in [5, 5.41) is 9.45. The lowest BCUT2D eigenvalue weighted by Crippen LogP contribution is -2.37. The van der Waals surface area contributed by atoms with Crippen LogP contribution in [0.15, 0.2) is 0 Å². The molecule has 1 aliphatic heterocycles. The van der Waals surface area contributed by atoms with Crippen molar-refractivity contribution in [1.29, 1.82) is 5.26 Å². The first-order chi connectivity index (χ1) is 11.2. The summed E-state index contributed by atoms with van der Waals surface area (Å²) >= 11 is 6.17. The van der Waals surface area contributed by atoms with Crippen molar-refractivity contribution in [2.24, 2.45) is 0 Å². The van der Waals surface area contributed by atoms with Gasteiger partial charge in [-0.25, -0.2) is 9.83 Å². The molecule has 1 aromatic heterocycles. The summed E-state index contributed by atoms with van der Waals surface area (Å²) in [7, 11) is 0. The summed E-state index contributed by atoms with van der Waals surface area (Å²) < 4.78 is 5.80. The Hall–Kier alpha value is -1.82. The number of nitriles is 1. The van der Waals surface area contributed by atoms with Gasteiger partial charge in [0.05, 0.1) is 18.2 Å². The molecular formula is C17H21ClN4O. The first-order valence-corrected chi connectivity index (χ1v) is 8.40. The number of hydrogen-bond donors (Lipinski definition) is 0. The van der Waals surface area contributed by atoms with E-state index in [1.165, 1.54) is 0 Å². The highest BCUT2D eigenvalue weighted by molar-refractivity contribution is 6.31. The molecule has 5 nitrogen and oxygen atoms in total. The summed E-state index contributed by atoms with van der Waals surface area (Å²) in [5.41, 5.74) is 1.48. The fourth-order valence-electron chi connectivity index (χ4n) is 2.89. The Morgan fingerprint density at radius 1 is 1.43 bits per heavy atom. The monoisotopic (exact) mass is 332 g/mol. The Morgan fingerprint density at radius 2 is 2.13 bits per heavy atom. The van der Waals surface area contributed by atoms with Crippen LogP contribution < -0.4 is 4.90 Å². The number of nitrogens with zero attached hydrogens (tertiary/aromatic N) is 4. The summed E-state index contributed by atoms with van der Waals surface area (Å²) in [6.07, 6.45) is 3.72. The molecule has 0 aromatic carbocycles. The third-order valence-corrected chi connectivity index (χ3v) is 4.36. The van der Waals surface area contributed by atoms with Gasteiger partial charge < -0.3 is 9.64 Å². The van der Waals surface area contributed by atoms with Crippen molar-refractivity contribution in [2.75, 3.05) is 24.6 Å². The smallest absolute Gasteiger partial charge is 0.232 e. The van der Waals surface area contributed by atoms with E-state index in [-0.39, 0.29) is 11.3 Å². The van der Waals surface area contributed by atoms with Crippen LogP contribution in [0, 0.1) is 17.9 Å². The zero-order chi connectivity index (χ0) is 16.8. The third kappa shape index (κ3) is 3.75. The second kappa shape index (κ2) is 8.15. The molecule has 6 heteroatoms. The molecule has 0 aliphatic carbocycles. The number of rotatable bonds is 5. The molecule has 0 spiro atoms. The fourth-order valence-corrected chi connectivity index (χ4v) is 3.13. The molecule has 2 heterocycles. The average Bonchev–Trinajstić information content (AvgIpc) is 2.59. The fraction of sp³-hybridized carbons (Fsp3) is 0.588. The highest BCUT2D eigenvalue weighted by Crippen LogP contribution is 2.37. The van der Waals surface area contributed by atoms with Gasteiger partial charge in [-0.1, -0.05) is 25.4 Å². The SMILES string of the molecule is [C-]#[N+]c1c(N2CCC(OCCC)CC2)nc(Cl)c(C#N)c1CC. The molecule has 1 aliphatic rings. The van der Waals surface area contributed by atoms with E-state index in [0.717, 1.165) is 39.0 Å². The molecule has 1 aromatic rings. The first-order valence-electron chi connectivity index (χ1n) is 8.02. The van der Waals surface area contributed by atoms with Crippen LogP contribution in [-0.2, 0) is 11.2 Å². The van der Waals surface area contributed by atoms with Gasteiger partial charge in [-0.2, -0.15) is 5.26 Å². The molecular weight excluding hydrogens is 312 g/mol. The summed E-state index contributed by atoms with van der Waals surface area (Å²) in [4.78, 5) is 10.1. The summed E-state index contributed by atoms with van der Waals surface area (Å²) in [6.45, 7) is 13.9. The van der Waals surface area contributed by atoms with E-state index >= 15 is 0 Å². The van der Waals surface area contributed by atoms with Crippen LogP contribution in [0.1, 0.15) is 44.2 Å². The number of anilines is 1. The number of piperidine rings is 1. The molecule has 0 saturated carbocycles. The molecule has 0 atom stereocenters. The minimum Gasteiger partial charge on any atom is -0.378 e. The van der Waals surface area contributed by atoms with Crippen LogP contribution in [0.5, 0.6) is 0 Å². The predicted octanol–water partition coefficient (Wildman–Crippen LogP) is 4.12. The van der Waals surface area contributed by atoms with Crippen molar-refractivity contribution in [3.63, 3.8) is 0 Å². The maximum atomic E-state index is 9.26. The van der Waals surface area contributed by atoms with Gasteiger partial charge in [0, 0.05) is 19.7 Å². The number of aromatic nitrogens is 1. The minimum atomic E-state index is 0.191. The van der Waals surface area contributed by atoms with Crippen LogP contribution in [0.3, 0.4) is 0 Å². The van der Waals surface area contributed by atoms with Crippen molar-refractivity contribution in [3.05, 3.63) is 27.7 Å². The topological polar surface area (TPSA) is 53.5 Å². The second-order valence-electron chi connectivity index (χ2n) is 5.56. The molecule has 1 saturated heterocycles. The lowest BCUT2D eigenvalue weighted by molar-refractivity contribution is 0.0374. The standard InChI is InChI=1S/C17H21ClN4O/c1-4-10-23-12-6-8-22(9-7-12)17-15(20-3)13(5-2)14(11-19)16(18)21-17/h12H,4-10H2,1-2H3. The Kier molecular flexibility index (Phi) is 6.21. The highest BCUT2D eigenvalue weighted by Gasteiger charge is 2.26. The number of hydrogen-bond acceptors (Lipinski definition) is 4. The lowest BCUT2D eigenvalue weighted by atomic mass is 10.0. The third-order valence-electron chi connectivity index (χ3n) is 4.09. The molecule has 0 N–H and O–H groups in total. The van der Waals surface area contributed by atoms with E-state index in [1.54, 1.807) is 0 Å². The molecule has 23 heavy (non-hydrogen) atoms. The van der Waals surface area contributed by atoms with Crippen LogP contribution in [0.2, 0.25) is 5.15 Å².